The molecule has 0 unspecified atom stereocenters. The summed E-state index contributed by atoms with van der Waals surface area (Å²) in [6.45, 7) is 8.96. The second kappa shape index (κ2) is 16.2. The molecule has 0 heterocycles. The van der Waals surface area contributed by atoms with Crippen LogP contribution in [0.15, 0.2) is 84.9 Å². The molecule has 0 bridgehead atoms. The molecule has 0 saturated carbocycles. The van der Waals surface area contributed by atoms with Crippen molar-refractivity contribution in [2.24, 2.45) is 0 Å². The minimum absolute atomic E-state index is 0.0365. The Morgan fingerprint density at radius 3 is 1.27 bits per heavy atom. The zero-order valence-electron chi connectivity index (χ0n) is 28.5. The monoisotopic (exact) mass is 600 g/mol. The number of benzene rings is 4. The van der Waals surface area contributed by atoms with Crippen LogP contribution in [0.2, 0.25) is 0 Å². The van der Waals surface area contributed by atoms with Gasteiger partial charge in [-0.05, 0) is 109 Å². The number of rotatable bonds is 18. The minimum atomic E-state index is 0.0365. The molecule has 0 spiro atoms. The molecule has 1 aliphatic carbocycles. The summed E-state index contributed by atoms with van der Waals surface area (Å²) >= 11 is 0. The minimum Gasteiger partial charge on any atom is -0.356 e. The van der Waals surface area contributed by atoms with E-state index in [-0.39, 0.29) is 5.41 Å². The van der Waals surface area contributed by atoms with Crippen molar-refractivity contribution in [3.8, 4) is 11.1 Å². The summed E-state index contributed by atoms with van der Waals surface area (Å²) in [5.41, 5.74) is 13.2. The van der Waals surface area contributed by atoms with Crippen LogP contribution in [-0.4, -0.2) is 0 Å². The molecule has 0 amide bonds. The van der Waals surface area contributed by atoms with Crippen molar-refractivity contribution < 1.29 is 0 Å². The van der Waals surface area contributed by atoms with E-state index in [9.17, 15) is 0 Å². The van der Waals surface area contributed by atoms with Gasteiger partial charge in [-0.3, -0.25) is 0 Å². The van der Waals surface area contributed by atoms with Crippen molar-refractivity contribution in [3.63, 3.8) is 0 Å². The smallest absolute Gasteiger partial charge is 0.0387 e. The molecule has 2 heteroatoms. The standard InChI is InChI=1S/C43H56N2/c1-5-7-9-11-13-15-27-43(28-16-14-12-10-8-6-2)41-31-37(44-35-21-17-19-33(3)29-35)23-25-39(41)40-26-24-38(32-42(40)43)45-36-22-18-20-34(4)30-36/h17-26,29-32,44-45H,5-16,27-28H2,1-4H3. The summed E-state index contributed by atoms with van der Waals surface area (Å²) in [6.07, 6.45) is 18.4. The van der Waals surface area contributed by atoms with Gasteiger partial charge >= 0.3 is 0 Å². The SMILES string of the molecule is CCCCCCCCC1(CCCCCCCC)c2cc(Nc3cccc(C)c3)ccc2-c2ccc(Nc3cccc(C)c3)cc21. The van der Waals surface area contributed by atoms with Crippen LogP contribution in [0.4, 0.5) is 22.7 Å². The summed E-state index contributed by atoms with van der Waals surface area (Å²) < 4.78 is 0. The summed E-state index contributed by atoms with van der Waals surface area (Å²) in [6, 6.07) is 31.8. The van der Waals surface area contributed by atoms with Gasteiger partial charge in [0.1, 0.15) is 0 Å². The van der Waals surface area contributed by atoms with E-state index in [0.29, 0.717) is 0 Å². The average molecular weight is 601 g/mol. The number of anilines is 4. The quantitative estimate of drug-likeness (QED) is 0.111. The Morgan fingerprint density at radius 1 is 0.444 bits per heavy atom. The zero-order valence-corrected chi connectivity index (χ0v) is 28.5. The van der Waals surface area contributed by atoms with E-state index in [1.165, 1.54) is 135 Å². The first-order valence-corrected chi connectivity index (χ1v) is 18.0. The predicted octanol–water partition coefficient (Wildman–Crippen LogP) is 13.6. The lowest BCUT2D eigenvalue weighted by Crippen LogP contribution is -2.26. The van der Waals surface area contributed by atoms with Crippen molar-refractivity contribution in [3.05, 3.63) is 107 Å². The molecular formula is C43H56N2. The van der Waals surface area contributed by atoms with E-state index in [0.717, 1.165) is 11.4 Å². The van der Waals surface area contributed by atoms with Gasteiger partial charge in [-0.1, -0.05) is 127 Å². The number of unbranched alkanes of at least 4 members (excludes halogenated alkanes) is 10. The maximum atomic E-state index is 3.76. The van der Waals surface area contributed by atoms with Gasteiger partial charge in [0, 0.05) is 28.2 Å². The molecule has 4 aromatic carbocycles. The molecule has 238 valence electrons. The third kappa shape index (κ3) is 8.40. The fourth-order valence-corrected chi connectivity index (χ4v) is 7.51. The molecule has 45 heavy (non-hydrogen) atoms. The van der Waals surface area contributed by atoms with E-state index in [4.69, 9.17) is 0 Å². The molecule has 0 aromatic heterocycles. The molecule has 2 N–H and O–H groups in total. The van der Waals surface area contributed by atoms with Crippen molar-refractivity contribution in [2.45, 2.75) is 123 Å². The first-order valence-electron chi connectivity index (χ1n) is 18.0. The highest BCUT2D eigenvalue weighted by Gasteiger charge is 2.42. The molecular weight excluding hydrogens is 544 g/mol. The Balaban J connectivity index is 1.52. The number of hydrogen-bond acceptors (Lipinski definition) is 2. The number of fused-ring (bicyclic) bond motifs is 3. The van der Waals surface area contributed by atoms with Crippen molar-refractivity contribution in [2.75, 3.05) is 10.6 Å². The maximum Gasteiger partial charge on any atom is 0.0387 e. The van der Waals surface area contributed by atoms with Crippen molar-refractivity contribution in [1.29, 1.82) is 0 Å². The van der Waals surface area contributed by atoms with E-state index in [1.807, 2.05) is 0 Å². The highest BCUT2D eigenvalue weighted by atomic mass is 14.9. The van der Waals surface area contributed by atoms with Gasteiger partial charge in [-0.25, -0.2) is 0 Å². The fourth-order valence-electron chi connectivity index (χ4n) is 7.51. The molecule has 5 rings (SSSR count). The second-order valence-corrected chi connectivity index (χ2v) is 13.6. The highest BCUT2D eigenvalue weighted by molar-refractivity contribution is 5.85. The Labute approximate surface area is 274 Å². The molecule has 2 nitrogen and oxygen atoms in total. The van der Waals surface area contributed by atoms with Crippen LogP contribution in [0.1, 0.15) is 126 Å². The summed E-state index contributed by atoms with van der Waals surface area (Å²) in [5.74, 6) is 0. The van der Waals surface area contributed by atoms with Crippen molar-refractivity contribution >= 4 is 22.7 Å². The Kier molecular flexibility index (Phi) is 11.8. The zero-order chi connectivity index (χ0) is 31.5. The number of aryl methyl sites for hydroxylation is 2. The van der Waals surface area contributed by atoms with Gasteiger partial charge in [0.05, 0.1) is 0 Å². The van der Waals surface area contributed by atoms with E-state index >= 15 is 0 Å². The Bertz CT molecular complexity index is 1400. The molecule has 0 fully saturated rings. The highest BCUT2D eigenvalue weighted by Crippen LogP contribution is 2.55. The first-order chi connectivity index (χ1) is 22.0. The maximum absolute atomic E-state index is 3.76. The third-order valence-electron chi connectivity index (χ3n) is 9.89. The molecule has 4 aromatic rings. The molecule has 0 atom stereocenters. The van der Waals surface area contributed by atoms with E-state index in [1.54, 1.807) is 0 Å². The normalized spacial score (nSPS) is 13.0. The summed E-state index contributed by atoms with van der Waals surface area (Å²) in [7, 11) is 0. The van der Waals surface area contributed by atoms with Crippen LogP contribution in [0, 0.1) is 13.8 Å². The van der Waals surface area contributed by atoms with Gasteiger partial charge in [0.25, 0.3) is 0 Å². The van der Waals surface area contributed by atoms with Crippen LogP contribution in [0.5, 0.6) is 0 Å². The van der Waals surface area contributed by atoms with Gasteiger partial charge < -0.3 is 10.6 Å². The second-order valence-electron chi connectivity index (χ2n) is 13.6. The van der Waals surface area contributed by atoms with Crippen LogP contribution in [-0.2, 0) is 5.41 Å². The molecule has 0 saturated heterocycles. The third-order valence-corrected chi connectivity index (χ3v) is 9.89. The number of nitrogens with one attached hydrogen (secondary N) is 2. The topological polar surface area (TPSA) is 24.1 Å². The largest absolute Gasteiger partial charge is 0.356 e. The lowest BCUT2D eigenvalue weighted by atomic mass is 9.70. The Morgan fingerprint density at radius 2 is 0.844 bits per heavy atom. The van der Waals surface area contributed by atoms with Crippen LogP contribution < -0.4 is 10.6 Å². The van der Waals surface area contributed by atoms with Gasteiger partial charge in [-0.2, -0.15) is 0 Å². The molecule has 0 aliphatic heterocycles. The predicted molar refractivity (Wildman–Crippen MR) is 198 cm³/mol. The van der Waals surface area contributed by atoms with Gasteiger partial charge in [0.15, 0.2) is 0 Å². The van der Waals surface area contributed by atoms with Crippen LogP contribution in [0.25, 0.3) is 11.1 Å². The lowest BCUT2D eigenvalue weighted by Gasteiger charge is -2.33. The van der Waals surface area contributed by atoms with Crippen molar-refractivity contribution in [1.82, 2.24) is 0 Å². The van der Waals surface area contributed by atoms with Crippen LogP contribution in [0.3, 0.4) is 0 Å². The Hall–Kier alpha value is -3.52. The lowest BCUT2D eigenvalue weighted by molar-refractivity contribution is 0.398. The van der Waals surface area contributed by atoms with E-state index in [2.05, 4.69) is 123 Å². The van der Waals surface area contributed by atoms with Crippen LogP contribution >= 0.6 is 0 Å². The first kappa shape index (κ1) is 32.9. The average Bonchev–Trinajstić information content (AvgIpc) is 3.29. The van der Waals surface area contributed by atoms with E-state index < -0.39 is 0 Å². The molecule has 0 radical (unpaired) electrons. The van der Waals surface area contributed by atoms with Gasteiger partial charge in [0.2, 0.25) is 0 Å². The number of hydrogen-bond donors (Lipinski definition) is 2. The summed E-state index contributed by atoms with van der Waals surface area (Å²) in [5, 5.41) is 7.51. The summed E-state index contributed by atoms with van der Waals surface area (Å²) in [4.78, 5) is 0. The van der Waals surface area contributed by atoms with Gasteiger partial charge in [-0.15, -0.1) is 0 Å². The fraction of sp³-hybridized carbons (Fsp3) is 0.442. The molecule has 1 aliphatic rings.